The van der Waals surface area contributed by atoms with Crippen LogP contribution in [0.2, 0.25) is 0 Å². The summed E-state index contributed by atoms with van der Waals surface area (Å²) < 4.78 is 32.3. The molecule has 0 aliphatic heterocycles. The summed E-state index contributed by atoms with van der Waals surface area (Å²) in [5.74, 6) is -0.533. The summed E-state index contributed by atoms with van der Waals surface area (Å²) in [5.41, 5.74) is 0.831. The molecule has 6 heteroatoms. The van der Waals surface area contributed by atoms with Crippen molar-refractivity contribution in [3.8, 4) is 5.75 Å². The van der Waals surface area contributed by atoms with Crippen LogP contribution in [-0.2, 0) is 11.2 Å². The van der Waals surface area contributed by atoms with Crippen LogP contribution in [0.1, 0.15) is 18.4 Å². The molecule has 1 N–H and O–H groups in total. The van der Waals surface area contributed by atoms with Gasteiger partial charge in [-0.2, -0.15) is 0 Å². The third kappa shape index (κ3) is 6.80. The Morgan fingerprint density at radius 3 is 2.54 bits per heavy atom. The standard InChI is InChI=1S/C20H24F2N2O2/c1-24(2)12-3-13-26-18-8-6-17(7-9-18)23-20(25)11-4-15-14-16(21)5-10-19(15)22/h5-10,14H,3-4,11-13H2,1-2H3,(H,23,25). The topological polar surface area (TPSA) is 41.6 Å². The van der Waals surface area contributed by atoms with Gasteiger partial charge in [-0.05, 0) is 75.0 Å². The van der Waals surface area contributed by atoms with Crippen molar-refractivity contribution in [2.24, 2.45) is 0 Å². The van der Waals surface area contributed by atoms with E-state index >= 15 is 0 Å². The van der Waals surface area contributed by atoms with Crippen LogP contribution in [0.25, 0.3) is 0 Å². The number of carbonyl (C=O) groups excluding carboxylic acids is 1. The number of aryl methyl sites for hydroxylation is 1. The number of hydrogen-bond acceptors (Lipinski definition) is 3. The summed E-state index contributed by atoms with van der Waals surface area (Å²) >= 11 is 0. The lowest BCUT2D eigenvalue weighted by atomic mass is 10.1. The molecule has 2 aromatic carbocycles. The number of hydrogen-bond donors (Lipinski definition) is 1. The monoisotopic (exact) mass is 362 g/mol. The molecule has 0 saturated carbocycles. The van der Waals surface area contributed by atoms with Crippen LogP contribution in [0.5, 0.6) is 5.75 Å². The molecule has 0 bridgehead atoms. The van der Waals surface area contributed by atoms with Gasteiger partial charge in [0.15, 0.2) is 0 Å². The zero-order chi connectivity index (χ0) is 18.9. The SMILES string of the molecule is CN(C)CCCOc1ccc(NC(=O)CCc2cc(F)ccc2F)cc1. The van der Waals surface area contributed by atoms with Gasteiger partial charge in [0.05, 0.1) is 6.61 Å². The molecular weight excluding hydrogens is 338 g/mol. The highest BCUT2D eigenvalue weighted by atomic mass is 19.1. The summed E-state index contributed by atoms with van der Waals surface area (Å²) in [4.78, 5) is 14.1. The van der Waals surface area contributed by atoms with Gasteiger partial charge in [0, 0.05) is 18.7 Å². The minimum Gasteiger partial charge on any atom is -0.494 e. The Balaban J connectivity index is 1.77. The van der Waals surface area contributed by atoms with E-state index in [1.165, 1.54) is 0 Å². The first-order valence-electron chi connectivity index (χ1n) is 8.55. The Morgan fingerprint density at radius 1 is 1.12 bits per heavy atom. The number of rotatable bonds is 9. The molecule has 0 atom stereocenters. The van der Waals surface area contributed by atoms with Gasteiger partial charge in [-0.1, -0.05) is 0 Å². The average Bonchev–Trinajstić information content (AvgIpc) is 2.61. The predicted octanol–water partition coefficient (Wildman–Crippen LogP) is 3.87. The van der Waals surface area contributed by atoms with Crippen molar-refractivity contribution in [1.29, 1.82) is 0 Å². The molecule has 0 aliphatic carbocycles. The third-order valence-electron chi connectivity index (χ3n) is 3.79. The van der Waals surface area contributed by atoms with Crippen LogP contribution >= 0.6 is 0 Å². The number of benzene rings is 2. The molecule has 2 aromatic rings. The summed E-state index contributed by atoms with van der Waals surface area (Å²) in [6.45, 7) is 1.59. The first kappa shape index (κ1) is 19.8. The predicted molar refractivity (Wildman–Crippen MR) is 98.4 cm³/mol. The number of nitrogens with one attached hydrogen (secondary N) is 1. The molecule has 0 aromatic heterocycles. The molecule has 0 unspecified atom stereocenters. The van der Waals surface area contributed by atoms with Crippen LogP contribution in [0.4, 0.5) is 14.5 Å². The average molecular weight is 362 g/mol. The van der Waals surface area contributed by atoms with E-state index in [0.29, 0.717) is 12.3 Å². The Kier molecular flexibility index (Phi) is 7.53. The second kappa shape index (κ2) is 9.87. The van der Waals surface area contributed by atoms with Crippen molar-refractivity contribution in [2.75, 3.05) is 32.6 Å². The van der Waals surface area contributed by atoms with Crippen molar-refractivity contribution >= 4 is 11.6 Å². The number of nitrogens with zero attached hydrogens (tertiary/aromatic N) is 1. The molecule has 0 aliphatic rings. The van der Waals surface area contributed by atoms with E-state index in [1.54, 1.807) is 24.3 Å². The molecule has 0 spiro atoms. The van der Waals surface area contributed by atoms with Crippen molar-refractivity contribution in [3.05, 3.63) is 59.7 Å². The van der Waals surface area contributed by atoms with Crippen molar-refractivity contribution < 1.29 is 18.3 Å². The number of carbonyl (C=O) groups is 1. The Bertz CT molecular complexity index is 718. The van der Waals surface area contributed by atoms with E-state index in [4.69, 9.17) is 4.74 Å². The normalized spacial score (nSPS) is 10.8. The Hall–Kier alpha value is -2.47. The van der Waals surface area contributed by atoms with Gasteiger partial charge in [-0.3, -0.25) is 4.79 Å². The van der Waals surface area contributed by atoms with E-state index in [0.717, 1.165) is 36.9 Å². The largest absolute Gasteiger partial charge is 0.494 e. The number of halogens is 2. The fourth-order valence-electron chi connectivity index (χ4n) is 2.41. The minimum atomic E-state index is -0.511. The summed E-state index contributed by atoms with van der Waals surface area (Å²) in [5, 5.41) is 2.74. The molecule has 26 heavy (non-hydrogen) atoms. The van der Waals surface area contributed by atoms with Gasteiger partial charge in [0.25, 0.3) is 0 Å². The molecule has 2 rings (SSSR count). The number of amides is 1. The molecule has 0 saturated heterocycles. The zero-order valence-corrected chi connectivity index (χ0v) is 15.1. The number of ether oxygens (including phenoxy) is 1. The second-order valence-electron chi connectivity index (χ2n) is 6.31. The molecular formula is C20H24F2N2O2. The maximum Gasteiger partial charge on any atom is 0.224 e. The summed E-state index contributed by atoms with van der Waals surface area (Å²) in [7, 11) is 4.03. The smallest absolute Gasteiger partial charge is 0.224 e. The zero-order valence-electron chi connectivity index (χ0n) is 15.1. The molecule has 0 radical (unpaired) electrons. The van der Waals surface area contributed by atoms with E-state index < -0.39 is 11.6 Å². The van der Waals surface area contributed by atoms with Gasteiger partial charge in [-0.25, -0.2) is 8.78 Å². The maximum absolute atomic E-state index is 13.5. The third-order valence-corrected chi connectivity index (χ3v) is 3.79. The van der Waals surface area contributed by atoms with Crippen molar-refractivity contribution in [1.82, 2.24) is 4.90 Å². The molecule has 4 nitrogen and oxygen atoms in total. The van der Waals surface area contributed by atoms with Crippen LogP contribution in [0.15, 0.2) is 42.5 Å². The molecule has 1 amide bonds. The lowest BCUT2D eigenvalue weighted by Crippen LogP contribution is -2.15. The van der Waals surface area contributed by atoms with Crippen molar-refractivity contribution in [3.63, 3.8) is 0 Å². The summed E-state index contributed by atoms with van der Waals surface area (Å²) in [6, 6.07) is 10.3. The molecule has 0 fully saturated rings. The fraction of sp³-hybridized carbons (Fsp3) is 0.350. The van der Waals surface area contributed by atoms with Crippen LogP contribution in [0.3, 0.4) is 0 Å². The first-order chi connectivity index (χ1) is 12.4. The van der Waals surface area contributed by atoms with E-state index in [2.05, 4.69) is 10.2 Å². The van der Waals surface area contributed by atoms with E-state index in [1.807, 2.05) is 14.1 Å². The highest BCUT2D eigenvalue weighted by Crippen LogP contribution is 2.17. The van der Waals surface area contributed by atoms with Crippen LogP contribution in [-0.4, -0.2) is 38.1 Å². The van der Waals surface area contributed by atoms with Gasteiger partial charge in [0.1, 0.15) is 17.4 Å². The highest BCUT2D eigenvalue weighted by Gasteiger charge is 2.08. The maximum atomic E-state index is 13.5. The van der Waals surface area contributed by atoms with Crippen LogP contribution < -0.4 is 10.1 Å². The Labute approximate surface area is 152 Å². The number of anilines is 1. The molecule has 0 heterocycles. The van der Waals surface area contributed by atoms with Crippen LogP contribution in [0, 0.1) is 11.6 Å². The van der Waals surface area contributed by atoms with Gasteiger partial charge in [-0.15, -0.1) is 0 Å². The lowest BCUT2D eigenvalue weighted by Gasteiger charge is -2.11. The van der Waals surface area contributed by atoms with E-state index in [9.17, 15) is 13.6 Å². The summed E-state index contributed by atoms with van der Waals surface area (Å²) in [6.07, 6.45) is 1.15. The highest BCUT2D eigenvalue weighted by molar-refractivity contribution is 5.90. The van der Waals surface area contributed by atoms with Gasteiger partial charge >= 0.3 is 0 Å². The molecule has 140 valence electrons. The quantitative estimate of drug-likeness (QED) is 0.689. The fourth-order valence-corrected chi connectivity index (χ4v) is 2.41. The van der Waals surface area contributed by atoms with Gasteiger partial charge < -0.3 is 15.0 Å². The second-order valence-corrected chi connectivity index (χ2v) is 6.31. The lowest BCUT2D eigenvalue weighted by molar-refractivity contribution is -0.116. The Morgan fingerprint density at radius 2 is 1.85 bits per heavy atom. The van der Waals surface area contributed by atoms with Crippen molar-refractivity contribution in [2.45, 2.75) is 19.3 Å². The first-order valence-corrected chi connectivity index (χ1v) is 8.55. The minimum absolute atomic E-state index is 0.0726. The van der Waals surface area contributed by atoms with E-state index in [-0.39, 0.29) is 24.3 Å². The van der Waals surface area contributed by atoms with Gasteiger partial charge in [0.2, 0.25) is 5.91 Å².